The second-order valence-electron chi connectivity index (χ2n) is 6.71. The van der Waals surface area contributed by atoms with E-state index in [0.29, 0.717) is 0 Å². The van der Waals surface area contributed by atoms with Gasteiger partial charge in [-0.15, -0.1) is 0 Å². The van der Waals surface area contributed by atoms with Gasteiger partial charge in [-0.2, -0.15) is 0 Å². The monoisotopic (exact) mass is 434 g/mol. The fraction of sp³-hybridized carbons (Fsp3) is 0.737. The van der Waals surface area contributed by atoms with Crippen LogP contribution in [0.4, 0.5) is 0 Å². The molecule has 6 heteroatoms. The number of nitrogens with zero attached hydrogens (tertiary/aromatic N) is 1. The number of pyridine rings is 1. The number of sulfonamides is 1. The highest BCUT2D eigenvalue weighted by atomic mass is 79.9. The molecule has 1 heterocycles. The first kappa shape index (κ1) is 24.5. The molecular formula is C19H35BrN2O2S. The Bertz CT molecular complexity index is 550. The van der Waals surface area contributed by atoms with Gasteiger partial charge in [0.25, 0.3) is 0 Å². The molecule has 4 nitrogen and oxygen atoms in total. The van der Waals surface area contributed by atoms with Crippen molar-refractivity contribution in [1.82, 2.24) is 0 Å². The topological polar surface area (TPSA) is 64.0 Å². The molecule has 146 valence electrons. The number of rotatable bonds is 14. The van der Waals surface area contributed by atoms with Crippen molar-refractivity contribution < 1.29 is 30.0 Å². The molecule has 2 N–H and O–H groups in total. The molecular weight excluding hydrogens is 400 g/mol. The number of halogens is 1. The van der Waals surface area contributed by atoms with E-state index in [4.69, 9.17) is 5.14 Å². The highest BCUT2D eigenvalue weighted by Crippen LogP contribution is 2.12. The average molecular weight is 435 g/mol. The Hall–Kier alpha value is -0.460. The molecule has 1 aromatic rings. The van der Waals surface area contributed by atoms with E-state index in [-0.39, 0.29) is 21.9 Å². The number of hydrogen-bond acceptors (Lipinski definition) is 2. The van der Waals surface area contributed by atoms with Crippen molar-refractivity contribution >= 4 is 10.0 Å². The van der Waals surface area contributed by atoms with Crippen molar-refractivity contribution in [2.24, 2.45) is 5.14 Å². The van der Waals surface area contributed by atoms with E-state index in [1.807, 2.05) is 10.8 Å². The lowest BCUT2D eigenvalue weighted by Crippen LogP contribution is -3.00. The highest BCUT2D eigenvalue weighted by molar-refractivity contribution is 7.89. The first-order chi connectivity index (χ1) is 11.5. The van der Waals surface area contributed by atoms with Crippen LogP contribution >= 0.6 is 0 Å². The Kier molecular flexibility index (Phi) is 14.4. The van der Waals surface area contributed by atoms with Gasteiger partial charge in [-0.3, -0.25) is 0 Å². The molecule has 0 saturated heterocycles. The van der Waals surface area contributed by atoms with Crippen LogP contribution in [-0.2, 0) is 16.6 Å². The highest BCUT2D eigenvalue weighted by Gasteiger charge is 2.12. The van der Waals surface area contributed by atoms with Gasteiger partial charge in [0.1, 0.15) is 11.4 Å². The van der Waals surface area contributed by atoms with E-state index >= 15 is 0 Å². The van der Waals surface area contributed by atoms with E-state index in [2.05, 4.69) is 6.92 Å². The van der Waals surface area contributed by atoms with Gasteiger partial charge in [0, 0.05) is 12.5 Å². The summed E-state index contributed by atoms with van der Waals surface area (Å²) in [5, 5.41) is 5.15. The second-order valence-corrected chi connectivity index (χ2v) is 8.27. The van der Waals surface area contributed by atoms with Crippen LogP contribution in [0.5, 0.6) is 0 Å². The van der Waals surface area contributed by atoms with Crippen molar-refractivity contribution in [1.29, 1.82) is 0 Å². The Morgan fingerprint density at radius 1 is 0.880 bits per heavy atom. The van der Waals surface area contributed by atoms with E-state index in [9.17, 15) is 8.42 Å². The molecule has 0 aromatic carbocycles. The zero-order valence-electron chi connectivity index (χ0n) is 15.6. The minimum atomic E-state index is -3.60. The van der Waals surface area contributed by atoms with Crippen LogP contribution in [0.3, 0.4) is 0 Å². The normalized spacial score (nSPS) is 11.3. The minimum Gasteiger partial charge on any atom is -1.00 e. The van der Waals surface area contributed by atoms with Gasteiger partial charge < -0.3 is 17.0 Å². The van der Waals surface area contributed by atoms with Crippen molar-refractivity contribution in [3.8, 4) is 0 Å². The molecule has 0 spiro atoms. The molecule has 0 unspecified atom stereocenters. The van der Waals surface area contributed by atoms with Crippen LogP contribution < -0.4 is 26.7 Å². The van der Waals surface area contributed by atoms with Gasteiger partial charge >= 0.3 is 0 Å². The van der Waals surface area contributed by atoms with Crippen molar-refractivity contribution in [2.75, 3.05) is 0 Å². The third-order valence-electron chi connectivity index (χ3n) is 4.43. The summed E-state index contributed by atoms with van der Waals surface area (Å²) in [6.45, 7) is 3.11. The van der Waals surface area contributed by atoms with Crippen LogP contribution in [0.15, 0.2) is 29.4 Å². The number of hydrogen-bond donors (Lipinski definition) is 1. The van der Waals surface area contributed by atoms with Crippen LogP contribution in [0.25, 0.3) is 0 Å². The number of aryl methyl sites for hydroxylation is 1. The van der Waals surface area contributed by atoms with Crippen LogP contribution in [0, 0.1) is 0 Å². The van der Waals surface area contributed by atoms with E-state index in [1.165, 1.54) is 76.7 Å². The molecule has 25 heavy (non-hydrogen) atoms. The number of unbranched alkanes of at least 4 members (excludes halogenated alkanes) is 11. The summed E-state index contributed by atoms with van der Waals surface area (Å²) in [5.41, 5.74) is 0. The third-order valence-corrected chi connectivity index (χ3v) is 5.33. The average Bonchev–Trinajstić information content (AvgIpc) is 2.55. The summed E-state index contributed by atoms with van der Waals surface area (Å²) in [6, 6.07) is 3.27. The molecule has 0 atom stereocenters. The summed E-state index contributed by atoms with van der Waals surface area (Å²) in [6.07, 6.45) is 19.4. The van der Waals surface area contributed by atoms with Gasteiger partial charge in [-0.1, -0.05) is 71.1 Å². The molecule has 0 amide bonds. The molecule has 1 aromatic heterocycles. The van der Waals surface area contributed by atoms with Crippen LogP contribution in [0.2, 0.25) is 0 Å². The third kappa shape index (κ3) is 12.5. The largest absolute Gasteiger partial charge is 1.00 e. The number of aromatic nitrogens is 1. The molecule has 0 aliphatic heterocycles. The molecule has 0 bridgehead atoms. The zero-order chi connectivity index (χ0) is 17.7. The first-order valence-electron chi connectivity index (χ1n) is 9.56. The molecule has 0 saturated carbocycles. The van der Waals surface area contributed by atoms with E-state index < -0.39 is 10.0 Å². The molecule has 0 aliphatic rings. The predicted molar refractivity (Wildman–Crippen MR) is 99.1 cm³/mol. The Morgan fingerprint density at radius 3 is 1.84 bits per heavy atom. The number of primary sulfonamides is 1. The minimum absolute atomic E-state index is 0. The number of nitrogens with two attached hydrogens (primary N) is 1. The maximum absolute atomic E-state index is 11.3. The molecule has 1 rings (SSSR count). The summed E-state index contributed by atoms with van der Waals surface area (Å²) in [5.74, 6) is 0. The van der Waals surface area contributed by atoms with Gasteiger partial charge in [-0.25, -0.2) is 18.1 Å². The van der Waals surface area contributed by atoms with Gasteiger partial charge in [-0.05, 0) is 12.5 Å². The fourth-order valence-corrected chi connectivity index (χ4v) is 3.49. The summed E-state index contributed by atoms with van der Waals surface area (Å²) < 4.78 is 24.6. The lowest BCUT2D eigenvalue weighted by molar-refractivity contribution is -0.699. The van der Waals surface area contributed by atoms with Gasteiger partial charge in [0.2, 0.25) is 10.0 Å². The van der Waals surface area contributed by atoms with Crippen molar-refractivity contribution in [3.05, 3.63) is 24.5 Å². The Balaban J connectivity index is 0.00000576. The molecule has 0 aliphatic carbocycles. The van der Waals surface area contributed by atoms with Crippen molar-refractivity contribution in [2.45, 2.75) is 95.4 Å². The maximum atomic E-state index is 11.3. The second kappa shape index (κ2) is 14.7. The standard InChI is InChI=1S/C19H35N2O2S.BrH/c1-2-3-4-5-6-7-8-9-10-11-12-13-16-21-17-14-15-19(18-21)24(20,22)23;/h14-15,17-18H,2-13,16H2,1H3,(H2,20,22,23);1H/q+1;/p-1. The van der Waals surface area contributed by atoms with Crippen LogP contribution in [-0.4, -0.2) is 8.42 Å². The Morgan fingerprint density at radius 2 is 1.36 bits per heavy atom. The lowest BCUT2D eigenvalue weighted by Gasteiger charge is -2.02. The van der Waals surface area contributed by atoms with E-state index in [0.717, 1.165) is 13.0 Å². The lowest BCUT2D eigenvalue weighted by atomic mass is 10.1. The smallest absolute Gasteiger partial charge is 0.243 e. The quantitative estimate of drug-likeness (QED) is 0.354. The fourth-order valence-electron chi connectivity index (χ4n) is 2.94. The van der Waals surface area contributed by atoms with E-state index in [1.54, 1.807) is 12.3 Å². The Labute approximate surface area is 165 Å². The zero-order valence-corrected chi connectivity index (χ0v) is 18.0. The summed E-state index contributed by atoms with van der Waals surface area (Å²) in [4.78, 5) is 0.184. The summed E-state index contributed by atoms with van der Waals surface area (Å²) >= 11 is 0. The van der Waals surface area contributed by atoms with Gasteiger partial charge in [0.15, 0.2) is 12.4 Å². The van der Waals surface area contributed by atoms with Gasteiger partial charge in [0.05, 0.1) is 0 Å². The maximum Gasteiger partial charge on any atom is 0.243 e. The first-order valence-corrected chi connectivity index (χ1v) is 11.1. The predicted octanol–water partition coefficient (Wildman–Crippen LogP) is 1.33. The van der Waals surface area contributed by atoms with Crippen molar-refractivity contribution in [3.63, 3.8) is 0 Å². The molecule has 0 fully saturated rings. The SMILES string of the molecule is CCCCCCCCCCCCCC[n+]1cccc(S(N)(=O)=O)c1.[Br-]. The summed E-state index contributed by atoms with van der Waals surface area (Å²) in [7, 11) is -3.60. The van der Waals surface area contributed by atoms with Crippen LogP contribution in [0.1, 0.15) is 84.0 Å². The molecule has 0 radical (unpaired) electrons.